The third kappa shape index (κ3) is 2.90. The molecule has 8 heteroatoms. The van der Waals surface area contributed by atoms with Gasteiger partial charge in [0.15, 0.2) is 5.65 Å². The van der Waals surface area contributed by atoms with E-state index in [1.165, 1.54) is 11.3 Å². The fraction of sp³-hybridized carbons (Fsp3) is 0.333. The van der Waals surface area contributed by atoms with Crippen LogP contribution in [0.25, 0.3) is 32.5 Å². The summed E-state index contributed by atoms with van der Waals surface area (Å²) in [6, 6.07) is 8.02. The van der Waals surface area contributed by atoms with E-state index in [9.17, 15) is 4.79 Å². The first-order valence-electron chi connectivity index (χ1n) is 9.77. The van der Waals surface area contributed by atoms with Crippen molar-refractivity contribution >= 4 is 38.5 Å². The molecule has 6 heterocycles. The quantitative estimate of drug-likeness (QED) is 0.512. The van der Waals surface area contributed by atoms with E-state index in [1.807, 2.05) is 42.4 Å². The van der Waals surface area contributed by atoms with Gasteiger partial charge in [0.1, 0.15) is 4.83 Å². The van der Waals surface area contributed by atoms with Crippen molar-refractivity contribution in [3.05, 3.63) is 41.5 Å². The predicted molar refractivity (Wildman–Crippen MR) is 111 cm³/mol. The molecule has 2 aliphatic rings. The fourth-order valence-corrected chi connectivity index (χ4v) is 5.29. The highest BCUT2D eigenvalue weighted by molar-refractivity contribution is 7.20. The lowest BCUT2D eigenvalue weighted by Crippen LogP contribution is -2.45. The zero-order valence-electron chi connectivity index (χ0n) is 15.9. The van der Waals surface area contributed by atoms with Crippen LogP contribution in [0.2, 0.25) is 0 Å². The van der Waals surface area contributed by atoms with Crippen molar-refractivity contribution < 1.29 is 9.53 Å². The predicted octanol–water partition coefficient (Wildman–Crippen LogP) is 3.25. The molecule has 0 radical (unpaired) electrons. The summed E-state index contributed by atoms with van der Waals surface area (Å²) in [4.78, 5) is 25.8. The van der Waals surface area contributed by atoms with Crippen molar-refractivity contribution in [2.24, 2.45) is 7.05 Å². The molecule has 2 aliphatic heterocycles. The van der Waals surface area contributed by atoms with Crippen molar-refractivity contribution in [3.8, 4) is 11.3 Å². The summed E-state index contributed by atoms with van der Waals surface area (Å²) in [6.07, 6.45) is 6.26. The van der Waals surface area contributed by atoms with Gasteiger partial charge in [-0.25, -0.2) is 9.97 Å². The molecule has 7 nitrogen and oxygen atoms in total. The van der Waals surface area contributed by atoms with Gasteiger partial charge in [-0.3, -0.25) is 9.48 Å². The van der Waals surface area contributed by atoms with Crippen molar-refractivity contribution in [2.75, 3.05) is 13.1 Å². The smallest absolute Gasteiger partial charge is 0.264 e. The van der Waals surface area contributed by atoms with Crippen LogP contribution in [0.5, 0.6) is 0 Å². The number of carbonyl (C=O) groups is 1. The minimum Gasteiger partial charge on any atom is -0.371 e. The lowest BCUT2D eigenvalue weighted by atomic mass is 10.1. The standard InChI is InChI=1S/C21H19N5O2S/c1-25-9-14-6-13(8-22-19(14)24-25)17-5-2-12-7-18(29-20(12)23-17)21(27)26-10-15-3-4-16(11-26)28-15/h2,5-9,15-16H,3-4,10-11H2,1H3. The number of pyridine rings is 2. The highest BCUT2D eigenvalue weighted by Gasteiger charge is 2.36. The minimum absolute atomic E-state index is 0.0909. The molecule has 4 aromatic heterocycles. The Bertz CT molecular complexity index is 1250. The van der Waals surface area contributed by atoms with Gasteiger partial charge in [-0.05, 0) is 37.1 Å². The molecule has 0 N–H and O–H groups in total. The molecule has 4 aromatic rings. The van der Waals surface area contributed by atoms with Crippen LogP contribution in [0.15, 0.2) is 36.7 Å². The number of likely N-dealkylation sites (tertiary alicyclic amines) is 1. The molecule has 6 rings (SSSR count). The second-order valence-electron chi connectivity index (χ2n) is 7.81. The van der Waals surface area contributed by atoms with Crippen molar-refractivity contribution in [1.29, 1.82) is 0 Å². The van der Waals surface area contributed by atoms with Gasteiger partial charge in [0.05, 0.1) is 22.8 Å². The number of thiophene rings is 1. The zero-order chi connectivity index (χ0) is 19.5. The summed E-state index contributed by atoms with van der Waals surface area (Å²) < 4.78 is 7.61. The van der Waals surface area contributed by atoms with E-state index in [1.54, 1.807) is 10.9 Å². The Morgan fingerprint density at radius 2 is 2.00 bits per heavy atom. The average Bonchev–Trinajstić information content (AvgIpc) is 3.41. The number of aromatic nitrogens is 4. The molecular weight excluding hydrogens is 386 g/mol. The van der Waals surface area contributed by atoms with E-state index >= 15 is 0 Å². The first kappa shape index (κ1) is 17.1. The first-order valence-corrected chi connectivity index (χ1v) is 10.6. The number of hydrogen-bond donors (Lipinski definition) is 0. The van der Waals surface area contributed by atoms with Gasteiger partial charge in [-0.2, -0.15) is 5.10 Å². The lowest BCUT2D eigenvalue weighted by molar-refractivity contribution is -0.0302. The summed E-state index contributed by atoms with van der Waals surface area (Å²) in [7, 11) is 1.88. The maximum Gasteiger partial charge on any atom is 0.264 e. The highest BCUT2D eigenvalue weighted by Crippen LogP contribution is 2.31. The summed E-state index contributed by atoms with van der Waals surface area (Å²) >= 11 is 1.46. The third-order valence-corrected chi connectivity index (χ3v) is 6.73. The number of carbonyl (C=O) groups excluding carboxylic acids is 1. The molecule has 2 saturated heterocycles. The number of nitrogens with zero attached hydrogens (tertiary/aromatic N) is 5. The van der Waals surface area contributed by atoms with Crippen LogP contribution in [0.4, 0.5) is 0 Å². The Hall–Kier alpha value is -2.84. The molecule has 0 aromatic carbocycles. The second-order valence-corrected chi connectivity index (χ2v) is 8.84. The molecule has 0 saturated carbocycles. The van der Waals surface area contributed by atoms with Crippen molar-refractivity contribution in [2.45, 2.75) is 25.0 Å². The van der Waals surface area contributed by atoms with Crippen molar-refractivity contribution in [3.63, 3.8) is 0 Å². The topological polar surface area (TPSA) is 73.1 Å². The molecule has 2 atom stereocenters. The van der Waals surface area contributed by atoms with Crippen LogP contribution < -0.4 is 0 Å². The number of hydrogen-bond acceptors (Lipinski definition) is 6. The summed E-state index contributed by atoms with van der Waals surface area (Å²) in [5.41, 5.74) is 2.51. The molecule has 0 spiro atoms. The maximum atomic E-state index is 13.0. The fourth-order valence-electron chi connectivity index (χ4n) is 4.29. The maximum absolute atomic E-state index is 13.0. The van der Waals surface area contributed by atoms with E-state index in [0.717, 1.165) is 50.2 Å². The molecule has 29 heavy (non-hydrogen) atoms. The van der Waals surface area contributed by atoms with Gasteiger partial charge in [0.2, 0.25) is 0 Å². The highest BCUT2D eigenvalue weighted by atomic mass is 32.1. The second kappa shape index (κ2) is 6.33. The van der Waals surface area contributed by atoms with Gasteiger partial charge < -0.3 is 9.64 Å². The third-order valence-electron chi connectivity index (χ3n) is 5.69. The molecule has 2 fully saturated rings. The van der Waals surface area contributed by atoms with E-state index in [2.05, 4.69) is 10.1 Å². The molecule has 2 bridgehead atoms. The number of morpholine rings is 1. The Kier molecular flexibility index (Phi) is 3.72. The number of rotatable bonds is 2. The van der Waals surface area contributed by atoms with Gasteiger partial charge in [-0.15, -0.1) is 11.3 Å². The molecular formula is C21H19N5O2S. The number of aryl methyl sites for hydroxylation is 1. The monoisotopic (exact) mass is 405 g/mol. The van der Waals surface area contributed by atoms with Gasteiger partial charge in [-0.1, -0.05) is 0 Å². The van der Waals surface area contributed by atoms with Crippen LogP contribution in [-0.2, 0) is 11.8 Å². The number of amides is 1. The molecule has 0 aliphatic carbocycles. The van der Waals surface area contributed by atoms with E-state index < -0.39 is 0 Å². The lowest BCUT2D eigenvalue weighted by Gasteiger charge is -2.31. The minimum atomic E-state index is 0.0909. The van der Waals surface area contributed by atoms with Crippen LogP contribution >= 0.6 is 11.3 Å². The van der Waals surface area contributed by atoms with E-state index in [4.69, 9.17) is 9.72 Å². The summed E-state index contributed by atoms with van der Waals surface area (Å²) in [6.45, 7) is 1.39. The van der Waals surface area contributed by atoms with Crippen LogP contribution in [0.1, 0.15) is 22.5 Å². The molecule has 1 amide bonds. The van der Waals surface area contributed by atoms with Crippen molar-refractivity contribution in [1.82, 2.24) is 24.6 Å². The largest absolute Gasteiger partial charge is 0.371 e. The molecule has 2 unspecified atom stereocenters. The number of fused-ring (bicyclic) bond motifs is 4. The van der Waals surface area contributed by atoms with E-state index in [0.29, 0.717) is 13.1 Å². The van der Waals surface area contributed by atoms with E-state index in [-0.39, 0.29) is 18.1 Å². The van der Waals surface area contributed by atoms with Crippen LogP contribution in [-0.4, -0.2) is 55.9 Å². The van der Waals surface area contributed by atoms with Gasteiger partial charge in [0, 0.05) is 48.9 Å². The molecule has 146 valence electrons. The normalized spacial score (nSPS) is 21.3. The summed E-state index contributed by atoms with van der Waals surface area (Å²) in [5, 5.41) is 6.29. The Labute approximate surface area is 170 Å². The van der Waals surface area contributed by atoms with Gasteiger partial charge in [0.25, 0.3) is 5.91 Å². The SMILES string of the molecule is Cn1cc2cc(-c3ccc4cc(C(=O)N5CC6CCC(C5)O6)sc4n3)cnc2n1. The zero-order valence-corrected chi connectivity index (χ0v) is 16.7. The van der Waals surface area contributed by atoms with Crippen LogP contribution in [0, 0.1) is 0 Å². The Balaban J connectivity index is 1.32. The Morgan fingerprint density at radius 1 is 1.17 bits per heavy atom. The Morgan fingerprint density at radius 3 is 2.83 bits per heavy atom. The van der Waals surface area contributed by atoms with Crippen LogP contribution in [0.3, 0.4) is 0 Å². The van der Waals surface area contributed by atoms with Gasteiger partial charge >= 0.3 is 0 Å². The average molecular weight is 405 g/mol. The first-order chi connectivity index (χ1) is 14.1. The summed E-state index contributed by atoms with van der Waals surface area (Å²) in [5.74, 6) is 0.0909. The number of ether oxygens (including phenoxy) is 1.